The zero-order chi connectivity index (χ0) is 18.4. The van der Waals surface area contributed by atoms with Gasteiger partial charge in [-0.25, -0.2) is 0 Å². The molecule has 0 radical (unpaired) electrons. The second-order valence-electron chi connectivity index (χ2n) is 7.89. The fraction of sp³-hybridized carbons (Fsp3) is 0.611. The van der Waals surface area contributed by atoms with E-state index in [1.165, 1.54) is 0 Å². The second-order valence-corrected chi connectivity index (χ2v) is 8.29. The van der Waals surface area contributed by atoms with Gasteiger partial charge in [-0.2, -0.15) is 0 Å². The Morgan fingerprint density at radius 3 is 2.42 bits per heavy atom. The highest BCUT2D eigenvalue weighted by atomic mass is 35.5. The maximum absolute atomic E-state index is 12.8. The SMILES string of the molecule is CN(C(=O)c1ccc(Cl)c(B2OC(C)(C)C(C)(C)O2)c1)C1CCNC1.Cl. The van der Waals surface area contributed by atoms with Gasteiger partial charge in [-0.3, -0.25) is 4.79 Å². The minimum Gasteiger partial charge on any atom is -0.399 e. The van der Waals surface area contributed by atoms with Crippen LogP contribution in [0.3, 0.4) is 0 Å². The van der Waals surface area contributed by atoms with Crippen molar-refractivity contribution in [3.8, 4) is 0 Å². The summed E-state index contributed by atoms with van der Waals surface area (Å²) in [7, 11) is 1.27. The molecule has 1 amide bonds. The summed E-state index contributed by atoms with van der Waals surface area (Å²) in [4.78, 5) is 14.6. The van der Waals surface area contributed by atoms with E-state index in [-0.39, 0.29) is 24.4 Å². The molecule has 1 N–H and O–H groups in total. The van der Waals surface area contributed by atoms with Crippen LogP contribution in [0.15, 0.2) is 18.2 Å². The van der Waals surface area contributed by atoms with Crippen molar-refractivity contribution >= 4 is 42.5 Å². The number of carbonyl (C=O) groups excluding carboxylic acids is 1. The van der Waals surface area contributed by atoms with Crippen LogP contribution < -0.4 is 10.8 Å². The molecule has 1 atom stereocenters. The second kappa shape index (κ2) is 7.68. The summed E-state index contributed by atoms with van der Waals surface area (Å²) in [5.74, 6) is -0.0110. The summed E-state index contributed by atoms with van der Waals surface area (Å²) in [5, 5.41) is 3.83. The van der Waals surface area contributed by atoms with Crippen LogP contribution in [0.25, 0.3) is 0 Å². The number of halogens is 2. The molecule has 0 bridgehead atoms. The minimum absolute atomic E-state index is 0. The van der Waals surface area contributed by atoms with Crippen LogP contribution in [-0.2, 0) is 9.31 Å². The van der Waals surface area contributed by atoms with E-state index in [9.17, 15) is 4.79 Å². The normalized spacial score (nSPS) is 23.6. The Labute approximate surface area is 167 Å². The lowest BCUT2D eigenvalue weighted by molar-refractivity contribution is 0.00578. The molecule has 2 saturated heterocycles. The lowest BCUT2D eigenvalue weighted by Gasteiger charge is -2.32. The summed E-state index contributed by atoms with van der Waals surface area (Å²) >= 11 is 6.38. The number of likely N-dealkylation sites (N-methyl/N-ethyl adjacent to an activating group) is 1. The molecule has 2 aliphatic heterocycles. The van der Waals surface area contributed by atoms with Crippen LogP contribution in [0.1, 0.15) is 44.5 Å². The average Bonchev–Trinajstić information content (AvgIpc) is 3.13. The van der Waals surface area contributed by atoms with Crippen LogP contribution in [0.2, 0.25) is 5.02 Å². The van der Waals surface area contributed by atoms with Crippen LogP contribution in [0, 0.1) is 0 Å². The van der Waals surface area contributed by atoms with Crippen LogP contribution >= 0.6 is 24.0 Å². The Morgan fingerprint density at radius 2 is 1.88 bits per heavy atom. The molecule has 5 nitrogen and oxygen atoms in total. The molecule has 26 heavy (non-hydrogen) atoms. The first-order chi connectivity index (χ1) is 11.6. The molecule has 1 aromatic carbocycles. The number of hydrogen-bond acceptors (Lipinski definition) is 4. The summed E-state index contributed by atoms with van der Waals surface area (Å²) in [6, 6.07) is 5.53. The smallest absolute Gasteiger partial charge is 0.399 e. The first kappa shape index (κ1) is 21.5. The number of amides is 1. The van der Waals surface area contributed by atoms with E-state index >= 15 is 0 Å². The van der Waals surface area contributed by atoms with E-state index in [0.717, 1.165) is 19.5 Å². The maximum Gasteiger partial charge on any atom is 0.496 e. The average molecular weight is 401 g/mol. The summed E-state index contributed by atoms with van der Waals surface area (Å²) in [5.41, 5.74) is 0.397. The molecule has 3 rings (SSSR count). The molecule has 1 aromatic rings. The molecule has 2 fully saturated rings. The Kier molecular flexibility index (Phi) is 6.36. The van der Waals surface area contributed by atoms with Crippen molar-refractivity contribution in [1.29, 1.82) is 0 Å². The van der Waals surface area contributed by atoms with Gasteiger partial charge in [0.15, 0.2) is 0 Å². The van der Waals surface area contributed by atoms with Crippen molar-refractivity contribution in [1.82, 2.24) is 10.2 Å². The van der Waals surface area contributed by atoms with Crippen LogP contribution in [0.5, 0.6) is 0 Å². The number of benzene rings is 1. The molecule has 0 saturated carbocycles. The largest absolute Gasteiger partial charge is 0.496 e. The van der Waals surface area contributed by atoms with Gasteiger partial charge < -0.3 is 19.5 Å². The van der Waals surface area contributed by atoms with Crippen molar-refractivity contribution in [3.05, 3.63) is 28.8 Å². The van der Waals surface area contributed by atoms with Gasteiger partial charge in [0.05, 0.1) is 11.2 Å². The third kappa shape index (κ3) is 3.90. The zero-order valence-electron chi connectivity index (χ0n) is 16.0. The molecule has 8 heteroatoms. The van der Waals surface area contributed by atoms with Crippen LogP contribution in [-0.4, -0.2) is 55.3 Å². The molecule has 1 unspecified atom stereocenters. The Morgan fingerprint density at radius 1 is 1.27 bits per heavy atom. The number of nitrogens with one attached hydrogen (secondary N) is 1. The quantitative estimate of drug-likeness (QED) is 0.792. The van der Waals surface area contributed by atoms with E-state index in [4.69, 9.17) is 20.9 Å². The standard InChI is InChI=1S/C18H26BClN2O3.ClH/c1-17(2)18(3,4)25-19(24-17)14-10-12(6-7-15(14)20)16(23)22(5)13-8-9-21-11-13;/h6-7,10,13,21H,8-9,11H2,1-5H3;1H. The monoisotopic (exact) mass is 400 g/mol. The van der Waals surface area contributed by atoms with E-state index in [2.05, 4.69) is 5.32 Å². The van der Waals surface area contributed by atoms with E-state index in [1.807, 2.05) is 34.7 Å². The molecule has 0 aromatic heterocycles. The zero-order valence-corrected chi connectivity index (χ0v) is 17.5. The molecule has 0 spiro atoms. The van der Waals surface area contributed by atoms with Crippen molar-refractivity contribution < 1.29 is 14.1 Å². The minimum atomic E-state index is -0.580. The predicted molar refractivity (Wildman–Crippen MR) is 108 cm³/mol. The molecular formula is C18H27BCl2N2O3. The Hall–Kier alpha value is -0.785. The topological polar surface area (TPSA) is 50.8 Å². The highest BCUT2D eigenvalue weighted by molar-refractivity contribution is 6.65. The number of carbonyl (C=O) groups is 1. The summed E-state index contributed by atoms with van der Waals surface area (Å²) in [6.45, 7) is 9.77. The lowest BCUT2D eigenvalue weighted by Crippen LogP contribution is -2.41. The van der Waals surface area contributed by atoms with E-state index in [0.29, 0.717) is 16.0 Å². The highest BCUT2D eigenvalue weighted by Gasteiger charge is 2.52. The molecular weight excluding hydrogens is 374 g/mol. The molecule has 2 heterocycles. The first-order valence-electron chi connectivity index (χ1n) is 8.75. The highest BCUT2D eigenvalue weighted by Crippen LogP contribution is 2.37. The van der Waals surface area contributed by atoms with Gasteiger partial charge in [-0.15, -0.1) is 12.4 Å². The van der Waals surface area contributed by atoms with Crippen LogP contribution in [0.4, 0.5) is 0 Å². The van der Waals surface area contributed by atoms with Crippen molar-refractivity contribution in [2.45, 2.75) is 51.4 Å². The van der Waals surface area contributed by atoms with Gasteiger partial charge in [0.25, 0.3) is 5.91 Å². The van der Waals surface area contributed by atoms with Gasteiger partial charge in [0.2, 0.25) is 0 Å². The molecule has 0 aliphatic carbocycles. The van der Waals surface area contributed by atoms with Gasteiger partial charge >= 0.3 is 7.12 Å². The third-order valence-corrected chi connectivity index (χ3v) is 6.00. The molecule has 144 valence electrons. The van der Waals surface area contributed by atoms with Gasteiger partial charge in [-0.1, -0.05) is 11.6 Å². The van der Waals surface area contributed by atoms with Gasteiger partial charge in [0, 0.05) is 35.7 Å². The van der Waals surface area contributed by atoms with E-state index < -0.39 is 18.3 Å². The predicted octanol–water partition coefficient (Wildman–Crippen LogP) is 2.49. The first-order valence-corrected chi connectivity index (χ1v) is 9.13. The number of hydrogen-bond donors (Lipinski definition) is 1. The maximum atomic E-state index is 12.8. The van der Waals surface area contributed by atoms with Crippen molar-refractivity contribution in [3.63, 3.8) is 0 Å². The third-order valence-electron chi connectivity index (χ3n) is 5.65. The lowest BCUT2D eigenvalue weighted by atomic mass is 9.78. The van der Waals surface area contributed by atoms with Crippen molar-refractivity contribution in [2.24, 2.45) is 0 Å². The Bertz CT molecular complexity index is 662. The Balaban J connectivity index is 0.00000243. The van der Waals surface area contributed by atoms with Gasteiger partial charge in [0.1, 0.15) is 0 Å². The van der Waals surface area contributed by atoms with E-state index in [1.54, 1.807) is 23.1 Å². The fourth-order valence-electron chi connectivity index (χ4n) is 3.17. The molecule has 2 aliphatic rings. The fourth-order valence-corrected chi connectivity index (χ4v) is 3.37. The summed E-state index contributed by atoms with van der Waals surface area (Å²) in [6.07, 6.45) is 0.972. The van der Waals surface area contributed by atoms with Gasteiger partial charge in [-0.05, 0) is 58.9 Å². The number of nitrogens with zero attached hydrogens (tertiary/aromatic N) is 1. The van der Waals surface area contributed by atoms with Crippen molar-refractivity contribution in [2.75, 3.05) is 20.1 Å². The summed E-state index contributed by atoms with van der Waals surface area (Å²) < 4.78 is 12.2. The number of rotatable bonds is 3.